The van der Waals surface area contributed by atoms with Crippen LogP contribution in [0.15, 0.2) is 73.4 Å². The lowest BCUT2D eigenvalue weighted by molar-refractivity contribution is 0.269. The van der Waals surface area contributed by atoms with Crippen LogP contribution in [0.3, 0.4) is 0 Å². The Balaban J connectivity index is 1.70. The van der Waals surface area contributed by atoms with E-state index in [9.17, 15) is 10.1 Å². The van der Waals surface area contributed by atoms with E-state index in [1.807, 2.05) is 44.2 Å². The molecule has 0 aliphatic rings. The molecule has 1 aromatic heterocycles. The summed E-state index contributed by atoms with van der Waals surface area (Å²) in [6.45, 7) is 4.58. The smallest absolute Gasteiger partial charge is 0.282 e. The highest BCUT2D eigenvalue weighted by molar-refractivity contribution is 9.10. The summed E-state index contributed by atoms with van der Waals surface area (Å²) in [5.74, 6) is 1.65. The Hall–Kier alpha value is -3.48. The number of ether oxygens (including phenoxy) is 2. The highest BCUT2D eigenvalue weighted by Gasteiger charge is 2.14. The van der Waals surface area contributed by atoms with Gasteiger partial charge in [0, 0.05) is 26.5 Å². The van der Waals surface area contributed by atoms with E-state index in [0.717, 1.165) is 16.5 Å². The molecule has 3 aromatic carbocycles. The van der Waals surface area contributed by atoms with Crippen molar-refractivity contribution in [2.75, 3.05) is 6.61 Å². The molecule has 1 heterocycles. The molecule has 7 nitrogen and oxygen atoms in total. The minimum absolute atomic E-state index is 0.220. The Labute approximate surface area is 231 Å². The molecular weight excluding hydrogens is 600 g/mol. The lowest BCUT2D eigenvalue weighted by Crippen LogP contribution is -2.22. The molecule has 0 fully saturated rings. The summed E-state index contributed by atoms with van der Waals surface area (Å²) >= 11 is 7.02. The van der Waals surface area contributed by atoms with E-state index in [4.69, 9.17) is 9.47 Å². The molecule has 4 rings (SSSR count). The average Bonchev–Trinajstić information content (AvgIpc) is 2.90. The third-order valence-corrected chi connectivity index (χ3v) is 6.73. The molecule has 0 aliphatic heterocycles. The monoisotopic (exact) mass is 622 g/mol. The molecule has 0 unspecified atom stereocenters. The molecule has 9 heteroatoms. The molecule has 188 valence electrons. The van der Waals surface area contributed by atoms with Gasteiger partial charge in [-0.25, -0.2) is 4.98 Å². The number of benzene rings is 3. The van der Waals surface area contributed by atoms with Gasteiger partial charge in [0.25, 0.3) is 5.56 Å². The number of aromatic nitrogens is 2. The summed E-state index contributed by atoms with van der Waals surface area (Å²) in [5, 5.41) is 14.4. The number of nitriles is 1. The topological polar surface area (TPSA) is 89.5 Å². The Morgan fingerprint density at radius 3 is 2.62 bits per heavy atom. The van der Waals surface area contributed by atoms with Crippen molar-refractivity contribution in [1.82, 2.24) is 9.66 Å². The van der Waals surface area contributed by atoms with Gasteiger partial charge in [0.1, 0.15) is 12.4 Å². The Morgan fingerprint density at radius 1 is 1.08 bits per heavy atom. The molecule has 0 radical (unpaired) electrons. The maximum Gasteiger partial charge on any atom is 0.282 e. The SMILES string of the molecule is CCCc1nc2ccc(Br)cc2c(=O)n1N=Cc1cc(OCC)c(OCc2ccccc2C#N)cc1Br. The Morgan fingerprint density at radius 2 is 1.86 bits per heavy atom. The van der Waals surface area contributed by atoms with E-state index in [0.29, 0.717) is 56.9 Å². The van der Waals surface area contributed by atoms with Gasteiger partial charge in [-0.3, -0.25) is 4.79 Å². The molecule has 4 aromatic rings. The highest BCUT2D eigenvalue weighted by atomic mass is 79.9. The number of fused-ring (bicyclic) bond motifs is 1. The van der Waals surface area contributed by atoms with E-state index in [2.05, 4.69) is 48.0 Å². The van der Waals surface area contributed by atoms with Crippen molar-refractivity contribution in [2.24, 2.45) is 5.10 Å². The normalized spacial score (nSPS) is 11.1. The minimum Gasteiger partial charge on any atom is -0.490 e. The van der Waals surface area contributed by atoms with E-state index in [1.54, 1.807) is 30.5 Å². The minimum atomic E-state index is -0.233. The zero-order valence-corrected chi connectivity index (χ0v) is 23.5. The number of hydrogen-bond donors (Lipinski definition) is 0. The summed E-state index contributed by atoms with van der Waals surface area (Å²) in [6.07, 6.45) is 3.04. The fourth-order valence-corrected chi connectivity index (χ4v) is 4.55. The van der Waals surface area contributed by atoms with E-state index in [1.165, 1.54) is 4.68 Å². The lowest BCUT2D eigenvalue weighted by atomic mass is 10.1. The van der Waals surface area contributed by atoms with Crippen LogP contribution in [0, 0.1) is 11.3 Å². The van der Waals surface area contributed by atoms with E-state index >= 15 is 0 Å². The zero-order chi connectivity index (χ0) is 26.4. The molecule has 0 N–H and O–H groups in total. The van der Waals surface area contributed by atoms with Crippen LogP contribution in [0.25, 0.3) is 10.9 Å². The fourth-order valence-electron chi connectivity index (χ4n) is 3.76. The van der Waals surface area contributed by atoms with Gasteiger partial charge in [0.05, 0.1) is 35.4 Å². The predicted octanol–water partition coefficient (Wildman–Crippen LogP) is 6.61. The first-order valence-electron chi connectivity index (χ1n) is 11.8. The van der Waals surface area contributed by atoms with Crippen LogP contribution in [-0.2, 0) is 13.0 Å². The third kappa shape index (κ3) is 6.09. The van der Waals surface area contributed by atoms with Gasteiger partial charge >= 0.3 is 0 Å². The summed E-state index contributed by atoms with van der Waals surface area (Å²) in [6, 6.07) is 18.5. The second-order valence-electron chi connectivity index (χ2n) is 8.11. The van der Waals surface area contributed by atoms with Gasteiger partial charge in [-0.1, -0.05) is 41.1 Å². The zero-order valence-electron chi connectivity index (χ0n) is 20.4. The van der Waals surface area contributed by atoms with Gasteiger partial charge in [-0.15, -0.1) is 0 Å². The standard InChI is InChI=1S/C28H24Br2N4O3/c1-3-7-27-33-24-11-10-21(29)13-22(24)28(35)34(27)32-16-20-12-25(36-4-2)26(14-23(20)30)37-17-19-9-6-5-8-18(19)15-31/h5-6,8-14,16H,3-4,7,17H2,1-2H3. The molecule has 0 saturated carbocycles. The molecule has 37 heavy (non-hydrogen) atoms. The average molecular weight is 624 g/mol. The Bertz CT molecular complexity index is 1570. The van der Waals surface area contributed by atoms with Crippen LogP contribution in [0.4, 0.5) is 0 Å². The van der Waals surface area contributed by atoms with Crippen molar-refractivity contribution in [2.45, 2.75) is 33.3 Å². The van der Waals surface area contributed by atoms with E-state index in [-0.39, 0.29) is 12.2 Å². The number of aryl methyl sites for hydroxylation is 1. The predicted molar refractivity (Wildman–Crippen MR) is 151 cm³/mol. The quantitative estimate of drug-likeness (QED) is 0.196. The molecule has 0 atom stereocenters. The highest BCUT2D eigenvalue weighted by Crippen LogP contribution is 2.34. The van der Waals surface area contributed by atoms with Crippen LogP contribution in [0.2, 0.25) is 0 Å². The van der Waals surface area contributed by atoms with Crippen LogP contribution in [0.5, 0.6) is 11.5 Å². The van der Waals surface area contributed by atoms with Crippen LogP contribution < -0.4 is 15.0 Å². The van der Waals surface area contributed by atoms with Crippen molar-refractivity contribution in [3.8, 4) is 17.6 Å². The molecule has 0 spiro atoms. The fraction of sp³-hybridized carbons (Fsp3) is 0.214. The number of hydrogen-bond acceptors (Lipinski definition) is 6. The first-order valence-corrected chi connectivity index (χ1v) is 13.4. The molecule has 0 bridgehead atoms. The first kappa shape index (κ1) is 26.6. The second-order valence-corrected chi connectivity index (χ2v) is 9.88. The number of halogens is 2. The van der Waals surface area contributed by atoms with E-state index < -0.39 is 0 Å². The maximum absolute atomic E-state index is 13.3. The largest absolute Gasteiger partial charge is 0.490 e. The molecule has 0 amide bonds. The van der Waals surface area contributed by atoms with Crippen molar-refractivity contribution < 1.29 is 9.47 Å². The third-order valence-electron chi connectivity index (χ3n) is 5.55. The molecule has 0 saturated heterocycles. The lowest BCUT2D eigenvalue weighted by Gasteiger charge is -2.14. The van der Waals surface area contributed by atoms with Crippen molar-refractivity contribution in [1.29, 1.82) is 5.26 Å². The Kier molecular flexibility index (Phi) is 8.74. The van der Waals surface area contributed by atoms with Gasteiger partial charge in [-0.05, 0) is 65.7 Å². The maximum atomic E-state index is 13.3. The summed E-state index contributed by atoms with van der Waals surface area (Å²) in [7, 11) is 0. The number of nitrogens with zero attached hydrogens (tertiary/aromatic N) is 4. The number of rotatable bonds is 9. The van der Waals surface area contributed by atoms with Gasteiger partial charge in [0.2, 0.25) is 0 Å². The van der Waals surface area contributed by atoms with Crippen LogP contribution >= 0.6 is 31.9 Å². The van der Waals surface area contributed by atoms with Gasteiger partial charge < -0.3 is 9.47 Å². The van der Waals surface area contributed by atoms with Crippen molar-refractivity contribution in [3.63, 3.8) is 0 Å². The summed E-state index contributed by atoms with van der Waals surface area (Å²) < 4.78 is 14.7. The van der Waals surface area contributed by atoms with Crippen molar-refractivity contribution >= 4 is 49.0 Å². The molecular formula is C28H24Br2N4O3. The van der Waals surface area contributed by atoms with Gasteiger partial charge in [-0.2, -0.15) is 15.0 Å². The van der Waals surface area contributed by atoms with Crippen molar-refractivity contribution in [3.05, 3.63) is 96.4 Å². The summed E-state index contributed by atoms with van der Waals surface area (Å²) in [5.41, 5.74) is 2.46. The summed E-state index contributed by atoms with van der Waals surface area (Å²) in [4.78, 5) is 18.0. The second kappa shape index (κ2) is 12.2. The first-order chi connectivity index (χ1) is 17.9. The van der Waals surface area contributed by atoms with Crippen LogP contribution in [0.1, 0.15) is 42.8 Å². The van der Waals surface area contributed by atoms with Gasteiger partial charge in [0.15, 0.2) is 11.5 Å². The molecule has 0 aliphatic carbocycles. The van der Waals surface area contributed by atoms with Crippen LogP contribution in [-0.4, -0.2) is 22.5 Å².